The number of hydrogen-bond donors (Lipinski definition) is 1. The number of aliphatic hydroxyl groups is 1. The summed E-state index contributed by atoms with van der Waals surface area (Å²) in [7, 11) is 0. The molecular formula is C30H30FNO3. The Morgan fingerprint density at radius 2 is 1.54 bits per heavy atom. The lowest BCUT2D eigenvalue weighted by Crippen LogP contribution is -2.30. The number of benzene rings is 3. The van der Waals surface area contributed by atoms with E-state index in [0.717, 1.165) is 16.7 Å². The first-order valence-electron chi connectivity index (χ1n) is 11.8. The van der Waals surface area contributed by atoms with Crippen LogP contribution in [0, 0.1) is 5.82 Å². The SMILES string of the molecule is CC(C)(C)c1ccc(C2C(C(=O)CCc3ccccc3)=C(O)C(=O)N2Cc2ccc(F)cc2)cc1. The minimum Gasteiger partial charge on any atom is -0.503 e. The molecule has 0 bridgehead atoms. The van der Waals surface area contributed by atoms with Crippen molar-refractivity contribution in [3.05, 3.63) is 118 Å². The second-order valence-corrected chi connectivity index (χ2v) is 10.0. The standard InChI is InChI=1S/C30H30FNO3/c1-30(2,3)23-14-12-22(13-15-23)27-26(25(33)18-11-20-7-5-4-6-8-20)28(34)29(35)32(27)19-21-9-16-24(31)17-10-21/h4-10,12-17,27,34H,11,18-19H2,1-3H3. The highest BCUT2D eigenvalue weighted by atomic mass is 19.1. The van der Waals surface area contributed by atoms with Crippen LogP contribution >= 0.6 is 0 Å². The Hall–Kier alpha value is -3.73. The van der Waals surface area contributed by atoms with E-state index in [9.17, 15) is 19.1 Å². The van der Waals surface area contributed by atoms with Crippen LogP contribution in [0.5, 0.6) is 0 Å². The van der Waals surface area contributed by atoms with E-state index in [0.29, 0.717) is 12.0 Å². The van der Waals surface area contributed by atoms with Gasteiger partial charge in [-0.25, -0.2) is 4.39 Å². The second-order valence-electron chi connectivity index (χ2n) is 10.0. The van der Waals surface area contributed by atoms with E-state index < -0.39 is 17.7 Å². The summed E-state index contributed by atoms with van der Waals surface area (Å²) in [5, 5.41) is 10.8. The highest BCUT2D eigenvalue weighted by Crippen LogP contribution is 2.40. The molecule has 0 aliphatic carbocycles. The molecule has 180 valence electrons. The Kier molecular flexibility index (Phi) is 6.88. The zero-order valence-electron chi connectivity index (χ0n) is 20.3. The summed E-state index contributed by atoms with van der Waals surface area (Å²) in [4.78, 5) is 28.0. The third kappa shape index (κ3) is 5.35. The van der Waals surface area contributed by atoms with Crippen LogP contribution in [0.15, 0.2) is 90.2 Å². The molecule has 0 saturated carbocycles. The molecule has 4 rings (SSSR count). The summed E-state index contributed by atoms with van der Waals surface area (Å²) in [6.45, 7) is 6.49. The van der Waals surface area contributed by atoms with Crippen LogP contribution in [0.4, 0.5) is 4.39 Å². The molecule has 1 N–H and O–H groups in total. The van der Waals surface area contributed by atoms with Crippen molar-refractivity contribution in [3.8, 4) is 0 Å². The van der Waals surface area contributed by atoms with Gasteiger partial charge in [-0.1, -0.05) is 87.5 Å². The molecule has 35 heavy (non-hydrogen) atoms. The topological polar surface area (TPSA) is 57.6 Å². The van der Waals surface area contributed by atoms with Gasteiger partial charge < -0.3 is 10.0 Å². The predicted octanol–water partition coefficient (Wildman–Crippen LogP) is 6.22. The molecule has 0 fully saturated rings. The largest absolute Gasteiger partial charge is 0.503 e. The first kappa shape index (κ1) is 24.4. The van der Waals surface area contributed by atoms with Crippen molar-refractivity contribution >= 4 is 11.7 Å². The molecule has 4 nitrogen and oxygen atoms in total. The normalized spacial score (nSPS) is 16.2. The number of carbonyl (C=O) groups excluding carboxylic acids is 2. The molecule has 5 heteroatoms. The van der Waals surface area contributed by atoms with Crippen LogP contribution in [-0.2, 0) is 28.0 Å². The number of aryl methyl sites for hydroxylation is 1. The van der Waals surface area contributed by atoms with Gasteiger partial charge in [0.1, 0.15) is 5.82 Å². The molecule has 0 spiro atoms. The van der Waals surface area contributed by atoms with Gasteiger partial charge in [-0.05, 0) is 46.2 Å². The van der Waals surface area contributed by atoms with Gasteiger partial charge >= 0.3 is 0 Å². The van der Waals surface area contributed by atoms with E-state index in [2.05, 4.69) is 20.8 Å². The summed E-state index contributed by atoms with van der Waals surface area (Å²) < 4.78 is 13.4. The molecule has 0 saturated heterocycles. The molecule has 1 heterocycles. The minimum atomic E-state index is -0.718. The predicted molar refractivity (Wildman–Crippen MR) is 134 cm³/mol. The maximum absolute atomic E-state index is 13.4. The van der Waals surface area contributed by atoms with Gasteiger partial charge in [-0.2, -0.15) is 0 Å². The van der Waals surface area contributed by atoms with Crippen LogP contribution in [0.1, 0.15) is 55.5 Å². The van der Waals surface area contributed by atoms with Gasteiger partial charge in [0, 0.05) is 13.0 Å². The summed E-state index contributed by atoms with van der Waals surface area (Å²) >= 11 is 0. The monoisotopic (exact) mass is 471 g/mol. The molecule has 0 aromatic heterocycles. The number of ketones is 1. The van der Waals surface area contributed by atoms with Crippen molar-refractivity contribution in [2.45, 2.75) is 51.6 Å². The smallest absolute Gasteiger partial charge is 0.290 e. The van der Waals surface area contributed by atoms with Crippen LogP contribution in [0.25, 0.3) is 0 Å². The lowest BCUT2D eigenvalue weighted by atomic mass is 9.85. The Labute approximate surface area is 205 Å². The van der Waals surface area contributed by atoms with E-state index in [4.69, 9.17) is 0 Å². The van der Waals surface area contributed by atoms with Crippen molar-refractivity contribution in [1.29, 1.82) is 0 Å². The number of nitrogens with zero attached hydrogens (tertiary/aromatic N) is 1. The third-order valence-electron chi connectivity index (χ3n) is 6.45. The number of aliphatic hydroxyl groups excluding tert-OH is 1. The molecule has 1 unspecified atom stereocenters. The lowest BCUT2D eigenvalue weighted by molar-refractivity contribution is -0.130. The lowest BCUT2D eigenvalue weighted by Gasteiger charge is -2.28. The van der Waals surface area contributed by atoms with E-state index in [-0.39, 0.29) is 35.6 Å². The van der Waals surface area contributed by atoms with Crippen LogP contribution in [-0.4, -0.2) is 21.7 Å². The zero-order valence-corrected chi connectivity index (χ0v) is 20.3. The van der Waals surface area contributed by atoms with Crippen molar-refractivity contribution in [2.24, 2.45) is 0 Å². The van der Waals surface area contributed by atoms with Crippen molar-refractivity contribution in [2.75, 3.05) is 0 Å². The fraction of sp³-hybridized carbons (Fsp3) is 0.267. The minimum absolute atomic E-state index is 0.0515. The van der Waals surface area contributed by atoms with E-state index >= 15 is 0 Å². The fourth-order valence-electron chi connectivity index (χ4n) is 4.44. The molecule has 1 aliphatic heterocycles. The highest BCUT2D eigenvalue weighted by molar-refractivity contribution is 6.09. The molecule has 1 aliphatic rings. The number of Topliss-reactive ketones (excluding diaryl/α,β-unsaturated/α-hetero) is 1. The quantitative estimate of drug-likeness (QED) is 0.445. The van der Waals surface area contributed by atoms with E-state index in [1.54, 1.807) is 12.1 Å². The zero-order chi connectivity index (χ0) is 25.2. The summed E-state index contributed by atoms with van der Waals surface area (Å²) in [6, 6.07) is 22.6. The van der Waals surface area contributed by atoms with Crippen molar-refractivity contribution in [1.82, 2.24) is 4.90 Å². The molecule has 3 aromatic carbocycles. The molecule has 0 radical (unpaired) electrons. The molecular weight excluding hydrogens is 441 g/mol. The number of hydrogen-bond acceptors (Lipinski definition) is 3. The number of carbonyl (C=O) groups is 2. The summed E-state index contributed by atoms with van der Waals surface area (Å²) in [5.41, 5.74) is 3.67. The van der Waals surface area contributed by atoms with Crippen molar-refractivity contribution < 1.29 is 19.1 Å². The van der Waals surface area contributed by atoms with Gasteiger partial charge in [0.15, 0.2) is 11.5 Å². The number of amides is 1. The van der Waals surface area contributed by atoms with E-state index in [1.165, 1.54) is 17.0 Å². The van der Waals surface area contributed by atoms with Crippen LogP contribution in [0.3, 0.4) is 0 Å². The Morgan fingerprint density at radius 3 is 2.14 bits per heavy atom. The Balaban J connectivity index is 1.68. The van der Waals surface area contributed by atoms with Crippen LogP contribution < -0.4 is 0 Å². The number of rotatable bonds is 7. The second kappa shape index (κ2) is 9.87. The first-order valence-corrected chi connectivity index (χ1v) is 11.8. The maximum atomic E-state index is 13.4. The highest BCUT2D eigenvalue weighted by Gasteiger charge is 2.43. The average Bonchev–Trinajstić information content (AvgIpc) is 3.09. The molecule has 1 amide bonds. The van der Waals surface area contributed by atoms with Crippen LogP contribution in [0.2, 0.25) is 0 Å². The third-order valence-corrected chi connectivity index (χ3v) is 6.45. The molecule has 3 aromatic rings. The summed E-state index contributed by atoms with van der Waals surface area (Å²) in [5.74, 6) is -1.72. The summed E-state index contributed by atoms with van der Waals surface area (Å²) in [6.07, 6.45) is 0.690. The maximum Gasteiger partial charge on any atom is 0.290 e. The number of halogens is 1. The fourth-order valence-corrected chi connectivity index (χ4v) is 4.44. The van der Waals surface area contributed by atoms with Gasteiger partial charge in [-0.3, -0.25) is 9.59 Å². The van der Waals surface area contributed by atoms with Gasteiger partial charge in [0.2, 0.25) is 0 Å². The van der Waals surface area contributed by atoms with E-state index in [1.807, 2.05) is 54.6 Å². The molecule has 1 atom stereocenters. The van der Waals surface area contributed by atoms with Gasteiger partial charge in [0.25, 0.3) is 5.91 Å². The van der Waals surface area contributed by atoms with Gasteiger partial charge in [-0.15, -0.1) is 0 Å². The Bertz CT molecular complexity index is 1240. The Morgan fingerprint density at radius 1 is 0.914 bits per heavy atom. The van der Waals surface area contributed by atoms with Gasteiger partial charge in [0.05, 0.1) is 11.6 Å². The average molecular weight is 472 g/mol. The van der Waals surface area contributed by atoms with Crippen molar-refractivity contribution in [3.63, 3.8) is 0 Å². The first-order chi connectivity index (χ1) is 16.6.